The van der Waals surface area contributed by atoms with Gasteiger partial charge in [-0.2, -0.15) is 0 Å². The number of nitrogen functional groups attached to an aromatic ring is 1. The van der Waals surface area contributed by atoms with Crippen molar-refractivity contribution in [3.8, 4) is 0 Å². The molecular formula is C11H15N3. The summed E-state index contributed by atoms with van der Waals surface area (Å²) in [5.74, 6) is 0.759. The van der Waals surface area contributed by atoms with Crippen LogP contribution < -0.4 is 5.73 Å². The number of hydrogen-bond acceptors (Lipinski definition) is 2. The summed E-state index contributed by atoms with van der Waals surface area (Å²) in [6.07, 6.45) is 1.74. The summed E-state index contributed by atoms with van der Waals surface area (Å²) in [6, 6.07) is 7.56. The van der Waals surface area contributed by atoms with Gasteiger partial charge in [-0.3, -0.25) is 4.99 Å². The molecule has 1 rings (SSSR count). The van der Waals surface area contributed by atoms with Crippen molar-refractivity contribution in [2.45, 2.75) is 13.8 Å². The molecular weight excluding hydrogens is 174 g/mol. The van der Waals surface area contributed by atoms with Gasteiger partial charge >= 0.3 is 0 Å². The van der Waals surface area contributed by atoms with Crippen molar-refractivity contribution < 1.29 is 0 Å². The lowest BCUT2D eigenvalue weighted by molar-refractivity contribution is 1.12. The molecule has 0 aliphatic rings. The third-order valence-electron chi connectivity index (χ3n) is 1.73. The average molecular weight is 189 g/mol. The number of rotatable bonds is 2. The Hall–Kier alpha value is -1.64. The second-order valence-electron chi connectivity index (χ2n) is 2.81. The maximum atomic E-state index is 5.60. The Bertz CT molecular complexity index is 336. The molecule has 0 heterocycles. The van der Waals surface area contributed by atoms with Gasteiger partial charge in [0.1, 0.15) is 0 Å². The van der Waals surface area contributed by atoms with Crippen LogP contribution in [0.5, 0.6) is 0 Å². The number of nitrogens with zero attached hydrogens (tertiary/aromatic N) is 2. The highest BCUT2D eigenvalue weighted by Crippen LogP contribution is 2.07. The minimum atomic E-state index is 0.733. The molecule has 1 aromatic rings. The lowest BCUT2D eigenvalue weighted by Crippen LogP contribution is -1.98. The van der Waals surface area contributed by atoms with Gasteiger partial charge in [0.2, 0.25) is 0 Å². The van der Waals surface area contributed by atoms with E-state index in [1.54, 1.807) is 6.21 Å². The fourth-order valence-electron chi connectivity index (χ4n) is 1.11. The molecule has 3 heteroatoms. The van der Waals surface area contributed by atoms with E-state index in [2.05, 4.69) is 9.98 Å². The van der Waals surface area contributed by atoms with Crippen LogP contribution in [0.4, 0.5) is 5.69 Å². The number of anilines is 1. The average Bonchev–Trinajstić information content (AvgIpc) is 2.19. The first kappa shape index (κ1) is 10.4. The fourth-order valence-corrected chi connectivity index (χ4v) is 1.11. The predicted molar refractivity (Wildman–Crippen MR) is 62.1 cm³/mol. The first-order chi connectivity index (χ1) is 6.77. The highest BCUT2D eigenvalue weighted by Gasteiger charge is 1.98. The van der Waals surface area contributed by atoms with E-state index in [1.165, 1.54) is 0 Å². The van der Waals surface area contributed by atoms with Gasteiger partial charge in [-0.1, -0.05) is 0 Å². The zero-order valence-electron chi connectivity index (χ0n) is 8.57. The van der Waals surface area contributed by atoms with Gasteiger partial charge in [-0.05, 0) is 38.1 Å². The summed E-state index contributed by atoms with van der Waals surface area (Å²) >= 11 is 0. The SMILES string of the molecule is CC=NC(=NCC)c1ccc(N)cc1. The first-order valence-corrected chi connectivity index (χ1v) is 4.67. The molecule has 0 aromatic heterocycles. The Kier molecular flexibility index (Phi) is 3.85. The van der Waals surface area contributed by atoms with Gasteiger partial charge < -0.3 is 5.73 Å². The molecule has 2 N–H and O–H groups in total. The number of nitrogens with two attached hydrogens (primary N) is 1. The highest BCUT2D eigenvalue weighted by atomic mass is 14.9. The molecule has 0 saturated heterocycles. The van der Waals surface area contributed by atoms with Crippen molar-refractivity contribution in [1.29, 1.82) is 0 Å². The van der Waals surface area contributed by atoms with E-state index in [0.29, 0.717) is 0 Å². The largest absolute Gasteiger partial charge is 0.399 e. The van der Waals surface area contributed by atoms with Gasteiger partial charge in [0.15, 0.2) is 5.84 Å². The molecule has 14 heavy (non-hydrogen) atoms. The van der Waals surface area contributed by atoms with Gasteiger partial charge in [-0.25, -0.2) is 4.99 Å². The standard InChI is InChI=1S/C11H15N3/c1-3-13-11(14-4-2)9-5-7-10(12)8-6-9/h3,5-8H,4,12H2,1-2H3. The van der Waals surface area contributed by atoms with Gasteiger partial charge in [0.25, 0.3) is 0 Å². The summed E-state index contributed by atoms with van der Waals surface area (Å²) in [5.41, 5.74) is 7.35. The summed E-state index contributed by atoms with van der Waals surface area (Å²) in [4.78, 5) is 8.49. The maximum absolute atomic E-state index is 5.60. The van der Waals surface area contributed by atoms with E-state index in [-0.39, 0.29) is 0 Å². The fraction of sp³-hybridized carbons (Fsp3) is 0.273. The molecule has 0 aliphatic carbocycles. The summed E-state index contributed by atoms with van der Waals surface area (Å²) in [7, 11) is 0. The van der Waals surface area contributed by atoms with Crippen LogP contribution in [-0.4, -0.2) is 18.6 Å². The molecule has 0 bridgehead atoms. The molecule has 0 radical (unpaired) electrons. The molecule has 1 aromatic carbocycles. The molecule has 74 valence electrons. The smallest absolute Gasteiger partial charge is 0.154 e. The summed E-state index contributed by atoms with van der Waals surface area (Å²) in [6.45, 7) is 4.60. The molecule has 0 saturated carbocycles. The van der Waals surface area contributed by atoms with Crippen LogP contribution in [-0.2, 0) is 0 Å². The summed E-state index contributed by atoms with van der Waals surface area (Å²) < 4.78 is 0. The second-order valence-corrected chi connectivity index (χ2v) is 2.81. The third-order valence-corrected chi connectivity index (χ3v) is 1.73. The van der Waals surface area contributed by atoms with Gasteiger partial charge in [0.05, 0.1) is 0 Å². The van der Waals surface area contributed by atoms with Crippen LogP contribution in [0.15, 0.2) is 34.3 Å². The molecule has 0 spiro atoms. The van der Waals surface area contributed by atoms with E-state index < -0.39 is 0 Å². The van der Waals surface area contributed by atoms with Crippen molar-refractivity contribution in [3.63, 3.8) is 0 Å². The Balaban J connectivity index is 3.00. The lowest BCUT2D eigenvalue weighted by atomic mass is 10.2. The maximum Gasteiger partial charge on any atom is 0.154 e. The van der Waals surface area contributed by atoms with E-state index >= 15 is 0 Å². The van der Waals surface area contributed by atoms with Gasteiger partial charge in [0, 0.05) is 24.0 Å². The zero-order chi connectivity index (χ0) is 10.4. The third kappa shape index (κ3) is 2.69. The quantitative estimate of drug-likeness (QED) is 0.432. The Morgan fingerprint density at radius 1 is 1.36 bits per heavy atom. The monoisotopic (exact) mass is 189 g/mol. The molecule has 0 unspecified atom stereocenters. The predicted octanol–water partition coefficient (Wildman–Crippen LogP) is 2.13. The van der Waals surface area contributed by atoms with Gasteiger partial charge in [-0.15, -0.1) is 0 Å². The van der Waals surface area contributed by atoms with Crippen molar-refractivity contribution >= 4 is 17.7 Å². The van der Waals surface area contributed by atoms with Crippen molar-refractivity contribution in [2.24, 2.45) is 9.98 Å². The number of aliphatic imine (C=N–C) groups is 2. The Morgan fingerprint density at radius 3 is 2.50 bits per heavy atom. The number of hydrogen-bond donors (Lipinski definition) is 1. The van der Waals surface area contributed by atoms with Crippen LogP contribution in [0, 0.1) is 0 Å². The minimum Gasteiger partial charge on any atom is -0.399 e. The van der Waals surface area contributed by atoms with Crippen molar-refractivity contribution in [2.75, 3.05) is 12.3 Å². The van der Waals surface area contributed by atoms with Crippen LogP contribution in [0.3, 0.4) is 0 Å². The Labute approximate surface area is 84.4 Å². The van der Waals surface area contributed by atoms with Crippen molar-refractivity contribution in [1.82, 2.24) is 0 Å². The van der Waals surface area contributed by atoms with E-state index in [4.69, 9.17) is 5.73 Å². The van der Waals surface area contributed by atoms with Crippen LogP contribution in [0.2, 0.25) is 0 Å². The molecule has 0 amide bonds. The first-order valence-electron chi connectivity index (χ1n) is 4.67. The summed E-state index contributed by atoms with van der Waals surface area (Å²) in [5, 5.41) is 0. The molecule has 0 aliphatic heterocycles. The minimum absolute atomic E-state index is 0.733. The number of benzene rings is 1. The lowest BCUT2D eigenvalue weighted by Gasteiger charge is -2.00. The van der Waals surface area contributed by atoms with E-state index in [9.17, 15) is 0 Å². The van der Waals surface area contributed by atoms with E-state index in [0.717, 1.165) is 23.6 Å². The van der Waals surface area contributed by atoms with E-state index in [1.807, 2.05) is 38.1 Å². The normalized spacial score (nSPS) is 12.3. The van der Waals surface area contributed by atoms with Crippen molar-refractivity contribution in [3.05, 3.63) is 29.8 Å². The van der Waals surface area contributed by atoms with Crippen LogP contribution in [0.25, 0.3) is 0 Å². The Morgan fingerprint density at radius 2 is 2.00 bits per heavy atom. The second kappa shape index (κ2) is 5.17. The van der Waals surface area contributed by atoms with Crippen LogP contribution in [0.1, 0.15) is 19.4 Å². The molecule has 0 atom stereocenters. The zero-order valence-corrected chi connectivity index (χ0v) is 8.57. The molecule has 3 nitrogen and oxygen atoms in total. The number of amidine groups is 1. The van der Waals surface area contributed by atoms with Crippen LogP contribution >= 0.6 is 0 Å². The topological polar surface area (TPSA) is 50.7 Å². The highest BCUT2D eigenvalue weighted by molar-refractivity contribution is 6.02. The molecule has 0 fully saturated rings.